The lowest BCUT2D eigenvalue weighted by Gasteiger charge is -2.04. The van der Waals surface area contributed by atoms with Crippen LogP contribution < -0.4 is 0 Å². The summed E-state index contributed by atoms with van der Waals surface area (Å²) in [5.74, 6) is -1.59. The molecule has 0 fully saturated rings. The molecule has 0 spiro atoms. The number of benzene rings is 1. The Balaban J connectivity index is 2.55. The topological polar surface area (TPSA) is 68.0 Å². The van der Waals surface area contributed by atoms with E-state index in [9.17, 15) is 9.18 Å². The maximum atomic E-state index is 13.1. The van der Waals surface area contributed by atoms with Crippen LogP contribution in [0.4, 0.5) is 4.39 Å². The number of aromatic carboxylic acids is 1. The third kappa shape index (κ3) is 2.19. The molecule has 0 atom stereocenters. The quantitative estimate of drug-likeness (QED) is 0.928. The Morgan fingerprint density at radius 2 is 2.28 bits per heavy atom. The average Bonchev–Trinajstić information content (AvgIpc) is 2.77. The number of halogens is 2. The van der Waals surface area contributed by atoms with E-state index in [1.807, 2.05) is 6.92 Å². The van der Waals surface area contributed by atoms with Gasteiger partial charge in [-0.2, -0.15) is 0 Å². The molecule has 0 unspecified atom stereocenters. The summed E-state index contributed by atoms with van der Waals surface area (Å²) in [6, 6.07) is 4.02. The zero-order chi connectivity index (χ0) is 13.3. The van der Waals surface area contributed by atoms with E-state index in [0.29, 0.717) is 17.9 Å². The van der Waals surface area contributed by atoms with Gasteiger partial charge in [-0.05, 0) is 18.2 Å². The van der Waals surface area contributed by atoms with Gasteiger partial charge < -0.3 is 5.11 Å². The van der Waals surface area contributed by atoms with Crippen molar-refractivity contribution in [1.29, 1.82) is 0 Å². The monoisotopic (exact) mass is 269 g/mol. The number of carbonyl (C=O) groups is 1. The van der Waals surface area contributed by atoms with E-state index < -0.39 is 11.8 Å². The van der Waals surface area contributed by atoms with E-state index in [4.69, 9.17) is 16.7 Å². The fraction of sp³-hybridized carbons (Fsp3) is 0.182. The van der Waals surface area contributed by atoms with Crippen molar-refractivity contribution >= 4 is 17.6 Å². The molecule has 94 valence electrons. The van der Waals surface area contributed by atoms with Crippen LogP contribution in [0.3, 0.4) is 0 Å². The van der Waals surface area contributed by atoms with Crippen molar-refractivity contribution in [3.05, 3.63) is 40.7 Å². The van der Waals surface area contributed by atoms with Crippen molar-refractivity contribution in [2.45, 2.75) is 13.3 Å². The summed E-state index contributed by atoms with van der Waals surface area (Å²) in [4.78, 5) is 14.7. The summed E-state index contributed by atoms with van der Waals surface area (Å²) < 4.78 is 14.4. The zero-order valence-corrected chi connectivity index (χ0v) is 10.1. The number of aryl methyl sites for hydroxylation is 1. The third-order valence-electron chi connectivity index (χ3n) is 2.33. The van der Waals surface area contributed by atoms with Crippen molar-refractivity contribution in [1.82, 2.24) is 14.8 Å². The fourth-order valence-electron chi connectivity index (χ4n) is 1.49. The summed E-state index contributed by atoms with van der Waals surface area (Å²) >= 11 is 5.68. The fourth-order valence-corrected chi connectivity index (χ4v) is 1.66. The third-order valence-corrected chi connectivity index (χ3v) is 2.62. The first kappa shape index (κ1) is 12.5. The maximum Gasteiger partial charge on any atom is 0.375 e. The van der Waals surface area contributed by atoms with Gasteiger partial charge in [-0.1, -0.05) is 18.5 Å². The van der Waals surface area contributed by atoms with E-state index in [2.05, 4.69) is 10.1 Å². The van der Waals surface area contributed by atoms with Gasteiger partial charge in [0.1, 0.15) is 11.6 Å². The SMILES string of the molecule is CCc1nc(C(=O)O)nn1-c1ccc(F)c(Cl)c1. The van der Waals surface area contributed by atoms with E-state index in [1.165, 1.54) is 22.9 Å². The van der Waals surface area contributed by atoms with Crippen LogP contribution in [-0.2, 0) is 6.42 Å². The van der Waals surface area contributed by atoms with Gasteiger partial charge in [-0.3, -0.25) is 0 Å². The van der Waals surface area contributed by atoms with Gasteiger partial charge in [0.15, 0.2) is 0 Å². The Kier molecular flexibility index (Phi) is 3.29. The first-order valence-electron chi connectivity index (χ1n) is 5.17. The molecule has 0 saturated heterocycles. The Hall–Kier alpha value is -1.95. The van der Waals surface area contributed by atoms with Crippen LogP contribution >= 0.6 is 11.6 Å². The van der Waals surface area contributed by atoms with Crippen LogP contribution in [0.1, 0.15) is 23.4 Å². The van der Waals surface area contributed by atoms with Crippen molar-refractivity contribution < 1.29 is 14.3 Å². The summed E-state index contributed by atoms with van der Waals surface area (Å²) in [6.07, 6.45) is 0.495. The minimum absolute atomic E-state index is 0.0538. The Bertz CT molecular complexity index is 612. The molecule has 0 amide bonds. The van der Waals surface area contributed by atoms with E-state index in [1.54, 1.807) is 0 Å². The molecule has 5 nitrogen and oxygen atoms in total. The lowest BCUT2D eigenvalue weighted by molar-refractivity contribution is 0.0683. The van der Waals surface area contributed by atoms with Gasteiger partial charge in [0.2, 0.25) is 0 Å². The Morgan fingerprint density at radius 3 is 2.83 bits per heavy atom. The molecule has 2 aromatic rings. The number of aromatic nitrogens is 3. The van der Waals surface area contributed by atoms with Crippen LogP contribution in [0.15, 0.2) is 18.2 Å². The molecule has 0 saturated carbocycles. The summed E-state index contributed by atoms with van der Waals surface area (Å²) in [7, 11) is 0. The molecule has 7 heteroatoms. The Morgan fingerprint density at radius 1 is 1.56 bits per heavy atom. The van der Waals surface area contributed by atoms with Gasteiger partial charge in [0.05, 0.1) is 10.7 Å². The highest BCUT2D eigenvalue weighted by Gasteiger charge is 2.15. The predicted octanol–water partition coefficient (Wildman–Crippen LogP) is 2.32. The second-order valence-corrected chi connectivity index (χ2v) is 3.93. The molecule has 1 heterocycles. The molecular weight excluding hydrogens is 261 g/mol. The van der Waals surface area contributed by atoms with Crippen LogP contribution in [-0.4, -0.2) is 25.8 Å². The van der Waals surface area contributed by atoms with Crippen molar-refractivity contribution in [2.24, 2.45) is 0 Å². The van der Waals surface area contributed by atoms with Gasteiger partial charge >= 0.3 is 5.97 Å². The molecule has 0 aliphatic heterocycles. The van der Waals surface area contributed by atoms with Crippen molar-refractivity contribution in [3.8, 4) is 5.69 Å². The summed E-state index contributed by atoms with van der Waals surface area (Å²) in [5.41, 5.74) is 0.471. The second-order valence-electron chi connectivity index (χ2n) is 3.52. The number of rotatable bonds is 3. The number of carboxylic acid groups (broad SMARTS) is 1. The molecule has 2 rings (SSSR count). The highest BCUT2D eigenvalue weighted by atomic mass is 35.5. The molecule has 18 heavy (non-hydrogen) atoms. The maximum absolute atomic E-state index is 13.1. The predicted molar refractivity (Wildman–Crippen MR) is 62.7 cm³/mol. The molecule has 1 aromatic heterocycles. The summed E-state index contributed by atoms with van der Waals surface area (Å²) in [6.45, 7) is 1.82. The Labute approximate surface area is 107 Å². The van der Waals surface area contributed by atoms with Crippen molar-refractivity contribution in [2.75, 3.05) is 0 Å². The highest BCUT2D eigenvalue weighted by molar-refractivity contribution is 6.30. The van der Waals surface area contributed by atoms with Crippen LogP contribution in [0, 0.1) is 5.82 Å². The van der Waals surface area contributed by atoms with Crippen LogP contribution in [0.25, 0.3) is 5.69 Å². The lowest BCUT2D eigenvalue weighted by Crippen LogP contribution is -2.03. The number of hydrogen-bond acceptors (Lipinski definition) is 3. The first-order valence-corrected chi connectivity index (χ1v) is 5.55. The molecule has 0 bridgehead atoms. The molecule has 1 N–H and O–H groups in total. The van der Waals surface area contributed by atoms with Gasteiger partial charge in [0.25, 0.3) is 5.82 Å². The minimum atomic E-state index is -1.21. The largest absolute Gasteiger partial charge is 0.475 e. The molecule has 0 aliphatic rings. The smallest absolute Gasteiger partial charge is 0.375 e. The summed E-state index contributed by atoms with van der Waals surface area (Å²) in [5, 5.41) is 12.6. The first-order chi connectivity index (χ1) is 8.52. The molecule has 1 aromatic carbocycles. The normalized spacial score (nSPS) is 10.6. The van der Waals surface area contributed by atoms with E-state index in [0.717, 1.165) is 0 Å². The molecule has 0 aliphatic carbocycles. The average molecular weight is 270 g/mol. The standard InChI is InChI=1S/C11H9ClFN3O2/c1-2-9-14-10(11(17)18)15-16(9)6-3-4-8(13)7(12)5-6/h3-5H,2H2,1H3,(H,17,18). The highest BCUT2D eigenvalue weighted by Crippen LogP contribution is 2.19. The lowest BCUT2D eigenvalue weighted by atomic mass is 10.3. The van der Waals surface area contributed by atoms with E-state index in [-0.39, 0.29) is 10.8 Å². The molecule has 0 radical (unpaired) electrons. The van der Waals surface area contributed by atoms with Gasteiger partial charge in [-0.15, -0.1) is 5.10 Å². The number of carboxylic acids is 1. The van der Waals surface area contributed by atoms with Gasteiger partial charge in [-0.25, -0.2) is 18.9 Å². The zero-order valence-electron chi connectivity index (χ0n) is 9.39. The van der Waals surface area contributed by atoms with Crippen molar-refractivity contribution in [3.63, 3.8) is 0 Å². The van der Waals surface area contributed by atoms with Gasteiger partial charge in [0, 0.05) is 6.42 Å². The number of nitrogens with zero attached hydrogens (tertiary/aromatic N) is 3. The van der Waals surface area contributed by atoms with E-state index >= 15 is 0 Å². The number of hydrogen-bond donors (Lipinski definition) is 1. The van der Waals surface area contributed by atoms with Crippen LogP contribution in [0.2, 0.25) is 5.02 Å². The van der Waals surface area contributed by atoms with Crippen LogP contribution in [0.5, 0.6) is 0 Å². The molecular formula is C11H9ClFN3O2. The second kappa shape index (κ2) is 4.73. The minimum Gasteiger partial charge on any atom is -0.475 e.